The number of fused-ring (bicyclic) bond motifs is 2. The second-order valence-corrected chi connectivity index (χ2v) is 6.53. The van der Waals surface area contributed by atoms with Crippen molar-refractivity contribution in [3.63, 3.8) is 0 Å². The molecule has 0 unspecified atom stereocenters. The Morgan fingerprint density at radius 1 is 1.33 bits per heavy atom. The number of rotatable bonds is 3. The van der Waals surface area contributed by atoms with Crippen LogP contribution in [0.3, 0.4) is 0 Å². The van der Waals surface area contributed by atoms with E-state index in [2.05, 4.69) is 38.4 Å². The van der Waals surface area contributed by atoms with Crippen LogP contribution in [-0.4, -0.2) is 39.0 Å². The largest absolute Gasteiger partial charge is 0.481 e. The summed E-state index contributed by atoms with van der Waals surface area (Å²) >= 11 is 1.61. The van der Waals surface area contributed by atoms with Crippen LogP contribution in [0.2, 0.25) is 0 Å². The molecule has 0 radical (unpaired) electrons. The van der Waals surface area contributed by atoms with E-state index in [9.17, 15) is 4.79 Å². The van der Waals surface area contributed by atoms with Crippen LogP contribution in [0.1, 0.15) is 19.4 Å². The summed E-state index contributed by atoms with van der Waals surface area (Å²) in [4.78, 5) is 22.7. The molecule has 0 saturated carbocycles. The predicted molar refractivity (Wildman–Crippen MR) is 93.6 cm³/mol. The van der Waals surface area contributed by atoms with Gasteiger partial charge in [-0.05, 0) is 17.7 Å². The highest BCUT2D eigenvalue weighted by atomic mass is 32.2. The molecule has 2 aromatic rings. The minimum atomic E-state index is -0.699. The van der Waals surface area contributed by atoms with Crippen molar-refractivity contribution in [1.82, 2.24) is 14.9 Å². The smallest absolute Gasteiger partial charge is 0.309 e. The van der Waals surface area contributed by atoms with E-state index in [4.69, 9.17) is 5.11 Å². The number of aliphatic carboxylic acids is 1. The number of carboxylic acids is 1. The molecule has 2 N–H and O–H groups in total. The second kappa shape index (κ2) is 7.19. The third-order valence-corrected chi connectivity index (χ3v) is 4.95. The van der Waals surface area contributed by atoms with E-state index < -0.39 is 5.97 Å². The quantitative estimate of drug-likeness (QED) is 0.755. The fourth-order valence-electron chi connectivity index (χ4n) is 2.69. The Kier molecular flexibility index (Phi) is 5.01. The Balaban J connectivity index is 0.000000815. The number of hydrogen-bond donors (Lipinski definition) is 2. The lowest BCUT2D eigenvalue weighted by Gasteiger charge is -2.36. The topological polar surface area (TPSA) is 78.4 Å². The molecule has 24 heavy (non-hydrogen) atoms. The number of carbonyl (C=O) groups is 1. The van der Waals surface area contributed by atoms with Crippen molar-refractivity contribution in [2.45, 2.75) is 30.3 Å². The number of benzene rings is 1. The molecule has 1 saturated heterocycles. The third kappa shape index (κ3) is 3.37. The fraction of sp³-hybridized carbons (Fsp3) is 0.353. The number of aromatic nitrogens is 2. The van der Waals surface area contributed by atoms with Crippen molar-refractivity contribution in [1.29, 1.82) is 0 Å². The van der Waals surface area contributed by atoms with Crippen LogP contribution in [0.4, 0.5) is 11.5 Å². The van der Waals surface area contributed by atoms with E-state index in [0.29, 0.717) is 13.1 Å². The Morgan fingerprint density at radius 3 is 2.83 bits per heavy atom. The molecule has 0 amide bonds. The highest BCUT2D eigenvalue weighted by Crippen LogP contribution is 2.42. The van der Waals surface area contributed by atoms with Gasteiger partial charge >= 0.3 is 5.97 Å². The van der Waals surface area contributed by atoms with Gasteiger partial charge in [0.2, 0.25) is 0 Å². The normalized spacial score (nSPS) is 15.9. The number of likely N-dealkylation sites (tertiary alicyclic amines) is 1. The lowest BCUT2D eigenvalue weighted by Crippen LogP contribution is -2.49. The summed E-state index contributed by atoms with van der Waals surface area (Å²) in [5.41, 5.74) is 2.20. The van der Waals surface area contributed by atoms with E-state index in [-0.39, 0.29) is 5.92 Å². The highest BCUT2D eigenvalue weighted by Gasteiger charge is 2.32. The van der Waals surface area contributed by atoms with Gasteiger partial charge < -0.3 is 10.4 Å². The minimum absolute atomic E-state index is 0.214. The van der Waals surface area contributed by atoms with Gasteiger partial charge in [-0.2, -0.15) is 0 Å². The Labute approximate surface area is 145 Å². The van der Waals surface area contributed by atoms with E-state index in [1.54, 1.807) is 24.2 Å². The van der Waals surface area contributed by atoms with Gasteiger partial charge in [0.15, 0.2) is 5.82 Å². The maximum absolute atomic E-state index is 10.8. The van der Waals surface area contributed by atoms with Crippen LogP contribution < -0.4 is 5.32 Å². The molecule has 0 bridgehead atoms. The van der Waals surface area contributed by atoms with E-state index in [1.165, 1.54) is 5.56 Å². The summed E-state index contributed by atoms with van der Waals surface area (Å²) in [7, 11) is 0. The first-order valence-corrected chi connectivity index (χ1v) is 8.84. The first-order chi connectivity index (χ1) is 11.7. The minimum Gasteiger partial charge on any atom is -0.481 e. The number of carboxylic acid groups (broad SMARTS) is 1. The fourth-order valence-corrected chi connectivity index (χ4v) is 3.57. The average molecular weight is 344 g/mol. The van der Waals surface area contributed by atoms with Gasteiger partial charge in [0.25, 0.3) is 0 Å². The number of hydrogen-bond acceptors (Lipinski definition) is 6. The van der Waals surface area contributed by atoms with Gasteiger partial charge in [-0.15, -0.1) is 0 Å². The van der Waals surface area contributed by atoms with E-state index >= 15 is 0 Å². The van der Waals surface area contributed by atoms with Crippen LogP contribution in [0, 0.1) is 5.92 Å². The van der Waals surface area contributed by atoms with Crippen LogP contribution >= 0.6 is 11.8 Å². The van der Waals surface area contributed by atoms with Gasteiger partial charge in [0.05, 0.1) is 11.6 Å². The van der Waals surface area contributed by atoms with Gasteiger partial charge in [-0.3, -0.25) is 9.69 Å². The van der Waals surface area contributed by atoms with Crippen molar-refractivity contribution in [3.8, 4) is 0 Å². The Bertz CT molecular complexity index is 747. The monoisotopic (exact) mass is 344 g/mol. The van der Waals surface area contributed by atoms with Crippen LogP contribution in [0.25, 0.3) is 0 Å². The molecule has 0 spiro atoms. The molecule has 0 atom stereocenters. The van der Waals surface area contributed by atoms with Crippen molar-refractivity contribution in [3.05, 3.63) is 36.2 Å². The summed E-state index contributed by atoms with van der Waals surface area (Å²) in [5, 5.41) is 13.1. The van der Waals surface area contributed by atoms with Crippen molar-refractivity contribution in [2.24, 2.45) is 5.92 Å². The van der Waals surface area contributed by atoms with Crippen LogP contribution in [0.15, 0.2) is 40.5 Å². The number of nitrogens with zero attached hydrogens (tertiary/aromatic N) is 3. The molecule has 6 nitrogen and oxygen atoms in total. The van der Waals surface area contributed by atoms with Gasteiger partial charge in [0, 0.05) is 36.9 Å². The summed E-state index contributed by atoms with van der Waals surface area (Å²) in [6.45, 7) is 6.03. The zero-order valence-electron chi connectivity index (χ0n) is 13.7. The first-order valence-electron chi connectivity index (χ1n) is 8.03. The molecule has 2 aliphatic heterocycles. The number of anilines is 2. The summed E-state index contributed by atoms with van der Waals surface area (Å²) in [5.74, 6) is -0.129. The molecule has 126 valence electrons. The highest BCUT2D eigenvalue weighted by molar-refractivity contribution is 7.99. The predicted octanol–water partition coefficient (Wildman–Crippen LogP) is 3.23. The SMILES string of the molecule is CC.O=C(O)C1CN(Cc2ccc3c(c2)Nc2nccnc2S3)C1. The van der Waals surface area contributed by atoms with Crippen molar-refractivity contribution < 1.29 is 9.90 Å². The molecule has 1 aromatic carbocycles. The molecular formula is C17H20N4O2S. The molecule has 7 heteroatoms. The molecule has 4 rings (SSSR count). The van der Waals surface area contributed by atoms with Gasteiger partial charge in [-0.1, -0.05) is 31.7 Å². The summed E-state index contributed by atoms with van der Waals surface area (Å²) < 4.78 is 0. The zero-order chi connectivity index (χ0) is 17.1. The lowest BCUT2D eigenvalue weighted by molar-refractivity contribution is -0.147. The van der Waals surface area contributed by atoms with Gasteiger partial charge in [0.1, 0.15) is 5.03 Å². The van der Waals surface area contributed by atoms with Crippen LogP contribution in [-0.2, 0) is 11.3 Å². The average Bonchev–Trinajstić information content (AvgIpc) is 2.57. The maximum atomic E-state index is 10.8. The number of nitrogens with one attached hydrogen (secondary N) is 1. The molecule has 3 heterocycles. The summed E-state index contributed by atoms with van der Waals surface area (Å²) in [6.07, 6.45) is 3.36. The van der Waals surface area contributed by atoms with E-state index in [1.807, 2.05) is 13.8 Å². The molecule has 2 aliphatic rings. The van der Waals surface area contributed by atoms with Crippen LogP contribution in [0.5, 0.6) is 0 Å². The Hall–Kier alpha value is -2.12. The first kappa shape index (κ1) is 16.7. The third-order valence-electron chi connectivity index (χ3n) is 3.88. The van der Waals surface area contributed by atoms with Crippen molar-refractivity contribution >= 4 is 29.2 Å². The molecular weight excluding hydrogens is 324 g/mol. The molecule has 0 aliphatic carbocycles. The molecule has 1 fully saturated rings. The Morgan fingerprint density at radius 2 is 2.08 bits per heavy atom. The zero-order valence-corrected chi connectivity index (χ0v) is 14.5. The van der Waals surface area contributed by atoms with Gasteiger partial charge in [-0.25, -0.2) is 9.97 Å². The molecule has 1 aromatic heterocycles. The summed E-state index contributed by atoms with van der Waals surface area (Å²) in [6, 6.07) is 6.27. The lowest BCUT2D eigenvalue weighted by atomic mass is 9.99. The second-order valence-electron chi connectivity index (χ2n) is 5.50. The van der Waals surface area contributed by atoms with Crippen molar-refractivity contribution in [2.75, 3.05) is 18.4 Å². The standard InChI is InChI=1S/C15H14N4O2S.C2H6/c20-15(21)10-7-19(8-10)6-9-1-2-12-11(5-9)18-13-14(22-12)17-4-3-16-13;1-2/h1-5,10H,6-8H2,(H,16,18)(H,20,21);1-2H3. The van der Waals surface area contributed by atoms with E-state index in [0.717, 1.165) is 28.0 Å². The maximum Gasteiger partial charge on any atom is 0.309 e.